The molecule has 0 spiro atoms. The molecule has 0 atom stereocenters. The fraction of sp³-hybridized carbons (Fsp3) is 0.917. The molecule has 3 N–H and O–H groups in total. The van der Waals surface area contributed by atoms with E-state index in [0.29, 0.717) is 5.41 Å². The van der Waals surface area contributed by atoms with Gasteiger partial charge in [0.2, 0.25) is 5.91 Å². The minimum Gasteiger partial charge on any atom is -0.354 e. The van der Waals surface area contributed by atoms with Gasteiger partial charge in [-0.1, -0.05) is 19.8 Å². The van der Waals surface area contributed by atoms with Gasteiger partial charge in [-0.2, -0.15) is 0 Å². The zero-order valence-electron chi connectivity index (χ0n) is 9.64. The third-order valence-electron chi connectivity index (χ3n) is 4.28. The van der Waals surface area contributed by atoms with Crippen LogP contribution in [0.5, 0.6) is 0 Å². The summed E-state index contributed by atoms with van der Waals surface area (Å²) < 4.78 is 0. The van der Waals surface area contributed by atoms with Crippen LogP contribution in [0.2, 0.25) is 0 Å². The normalized spacial score (nSPS) is 26.3. The first-order chi connectivity index (χ1) is 7.10. The van der Waals surface area contributed by atoms with Gasteiger partial charge < -0.3 is 11.1 Å². The minimum absolute atomic E-state index is 0.0715. The molecule has 0 heterocycles. The maximum absolute atomic E-state index is 11.7. The number of amides is 1. The zero-order valence-corrected chi connectivity index (χ0v) is 9.64. The van der Waals surface area contributed by atoms with E-state index in [0.717, 1.165) is 19.4 Å². The first-order valence-corrected chi connectivity index (χ1v) is 6.17. The third kappa shape index (κ3) is 2.17. The van der Waals surface area contributed by atoms with Crippen LogP contribution in [0.15, 0.2) is 0 Å². The fourth-order valence-electron chi connectivity index (χ4n) is 2.59. The second-order valence-electron chi connectivity index (χ2n) is 5.40. The average Bonchev–Trinajstić information content (AvgIpc) is 2.84. The average molecular weight is 210 g/mol. The molecule has 0 aromatic heterocycles. The highest BCUT2D eigenvalue weighted by Crippen LogP contribution is 2.40. The van der Waals surface area contributed by atoms with Gasteiger partial charge in [0.05, 0.1) is 5.54 Å². The number of nitrogens with one attached hydrogen (secondary N) is 1. The monoisotopic (exact) mass is 210 g/mol. The van der Waals surface area contributed by atoms with Gasteiger partial charge >= 0.3 is 0 Å². The lowest BCUT2D eigenvalue weighted by atomic mass is 9.83. The van der Waals surface area contributed by atoms with E-state index in [1.54, 1.807) is 0 Å². The van der Waals surface area contributed by atoms with Gasteiger partial charge in [0, 0.05) is 6.54 Å². The van der Waals surface area contributed by atoms with Gasteiger partial charge in [-0.15, -0.1) is 0 Å². The largest absolute Gasteiger partial charge is 0.354 e. The van der Waals surface area contributed by atoms with Crippen molar-refractivity contribution in [3.63, 3.8) is 0 Å². The van der Waals surface area contributed by atoms with Crippen molar-refractivity contribution in [1.82, 2.24) is 5.32 Å². The molecular formula is C12H22N2O. The third-order valence-corrected chi connectivity index (χ3v) is 4.28. The highest BCUT2D eigenvalue weighted by molar-refractivity contribution is 5.88. The number of carbonyl (C=O) groups excluding carboxylic acids is 1. The number of carbonyl (C=O) groups is 1. The van der Waals surface area contributed by atoms with Gasteiger partial charge in [0.15, 0.2) is 0 Å². The summed E-state index contributed by atoms with van der Waals surface area (Å²) in [5.41, 5.74) is 5.72. The molecule has 3 heteroatoms. The Hall–Kier alpha value is -0.570. The molecule has 2 fully saturated rings. The predicted octanol–water partition coefficient (Wildman–Crippen LogP) is 1.56. The van der Waals surface area contributed by atoms with E-state index in [1.807, 2.05) is 0 Å². The standard InChI is InChI=1S/C12H22N2O/c1-2-11(5-3-4-6-11)9-14-10(15)12(13)7-8-12/h2-9,13H2,1H3,(H,14,15). The summed E-state index contributed by atoms with van der Waals surface area (Å²) >= 11 is 0. The van der Waals surface area contributed by atoms with Crippen molar-refractivity contribution in [2.24, 2.45) is 11.1 Å². The summed E-state index contributed by atoms with van der Waals surface area (Å²) in [6.07, 6.45) is 8.05. The zero-order chi connectivity index (χ0) is 10.9. The summed E-state index contributed by atoms with van der Waals surface area (Å²) in [5, 5.41) is 3.05. The smallest absolute Gasteiger partial charge is 0.240 e. The van der Waals surface area contributed by atoms with Crippen LogP contribution < -0.4 is 11.1 Å². The second kappa shape index (κ2) is 3.78. The van der Waals surface area contributed by atoms with Crippen LogP contribution in [0.3, 0.4) is 0 Å². The van der Waals surface area contributed by atoms with Gasteiger partial charge in [-0.25, -0.2) is 0 Å². The van der Waals surface area contributed by atoms with Crippen LogP contribution in [-0.4, -0.2) is 18.0 Å². The van der Waals surface area contributed by atoms with Gasteiger partial charge in [-0.05, 0) is 37.5 Å². The van der Waals surface area contributed by atoms with Crippen LogP contribution in [0.4, 0.5) is 0 Å². The van der Waals surface area contributed by atoms with Crippen molar-refractivity contribution in [2.45, 2.75) is 57.4 Å². The van der Waals surface area contributed by atoms with Crippen LogP contribution in [0.1, 0.15) is 51.9 Å². The molecule has 15 heavy (non-hydrogen) atoms. The molecule has 2 saturated carbocycles. The highest BCUT2D eigenvalue weighted by atomic mass is 16.2. The Morgan fingerprint density at radius 2 is 1.87 bits per heavy atom. The summed E-state index contributed by atoms with van der Waals surface area (Å²) in [7, 11) is 0. The Morgan fingerprint density at radius 1 is 1.27 bits per heavy atom. The van der Waals surface area contributed by atoms with Crippen molar-refractivity contribution in [3.8, 4) is 0 Å². The van der Waals surface area contributed by atoms with Crippen molar-refractivity contribution in [1.29, 1.82) is 0 Å². The van der Waals surface area contributed by atoms with E-state index in [4.69, 9.17) is 5.73 Å². The maximum Gasteiger partial charge on any atom is 0.240 e. The van der Waals surface area contributed by atoms with Crippen molar-refractivity contribution >= 4 is 5.91 Å². The second-order valence-corrected chi connectivity index (χ2v) is 5.40. The van der Waals surface area contributed by atoms with E-state index in [9.17, 15) is 4.79 Å². The number of hydrogen-bond donors (Lipinski definition) is 2. The first-order valence-electron chi connectivity index (χ1n) is 6.17. The van der Waals surface area contributed by atoms with Crippen LogP contribution in [0, 0.1) is 5.41 Å². The molecule has 0 unspecified atom stereocenters. The first kappa shape index (κ1) is 10.9. The van der Waals surface area contributed by atoms with Crippen LogP contribution in [0.25, 0.3) is 0 Å². The lowest BCUT2D eigenvalue weighted by Crippen LogP contribution is -2.46. The number of nitrogens with two attached hydrogens (primary N) is 1. The summed E-state index contributed by atoms with van der Waals surface area (Å²) in [6, 6.07) is 0. The van der Waals surface area contributed by atoms with Crippen molar-refractivity contribution in [2.75, 3.05) is 6.54 Å². The maximum atomic E-state index is 11.7. The molecule has 0 aromatic carbocycles. The molecule has 2 aliphatic rings. The lowest BCUT2D eigenvalue weighted by molar-refractivity contribution is -0.123. The summed E-state index contributed by atoms with van der Waals surface area (Å²) in [6.45, 7) is 3.06. The van der Waals surface area contributed by atoms with Crippen molar-refractivity contribution < 1.29 is 4.79 Å². The van der Waals surface area contributed by atoms with E-state index >= 15 is 0 Å². The molecule has 1 amide bonds. The summed E-state index contributed by atoms with van der Waals surface area (Å²) in [5.74, 6) is 0.0715. The number of hydrogen-bond acceptors (Lipinski definition) is 2. The quantitative estimate of drug-likeness (QED) is 0.740. The Balaban J connectivity index is 1.83. The lowest BCUT2D eigenvalue weighted by Gasteiger charge is -2.28. The summed E-state index contributed by atoms with van der Waals surface area (Å²) in [4.78, 5) is 11.7. The molecule has 3 nitrogen and oxygen atoms in total. The van der Waals surface area contributed by atoms with Gasteiger partial charge in [0.1, 0.15) is 0 Å². The SMILES string of the molecule is CCC1(CNC(=O)C2(N)CC2)CCCC1. The van der Waals surface area contributed by atoms with Crippen LogP contribution in [-0.2, 0) is 4.79 Å². The number of rotatable bonds is 4. The Bertz CT molecular complexity index is 252. The Labute approximate surface area is 91.8 Å². The van der Waals surface area contributed by atoms with Crippen LogP contribution >= 0.6 is 0 Å². The van der Waals surface area contributed by atoms with Crippen molar-refractivity contribution in [3.05, 3.63) is 0 Å². The molecule has 2 rings (SSSR count). The van der Waals surface area contributed by atoms with E-state index < -0.39 is 5.54 Å². The fourth-order valence-corrected chi connectivity index (χ4v) is 2.59. The molecule has 0 saturated heterocycles. The topological polar surface area (TPSA) is 55.1 Å². The molecule has 0 bridgehead atoms. The minimum atomic E-state index is -0.506. The molecule has 0 aliphatic heterocycles. The van der Waals surface area contributed by atoms with E-state index in [1.165, 1.54) is 32.1 Å². The molecule has 86 valence electrons. The Kier molecular flexibility index (Phi) is 2.75. The van der Waals surface area contributed by atoms with E-state index in [-0.39, 0.29) is 5.91 Å². The van der Waals surface area contributed by atoms with Gasteiger partial charge in [0.25, 0.3) is 0 Å². The molecule has 0 aromatic rings. The Morgan fingerprint density at radius 3 is 2.33 bits per heavy atom. The van der Waals surface area contributed by atoms with E-state index in [2.05, 4.69) is 12.2 Å². The molecule has 2 aliphatic carbocycles. The highest BCUT2D eigenvalue weighted by Gasteiger charge is 2.46. The predicted molar refractivity (Wildman–Crippen MR) is 60.4 cm³/mol. The van der Waals surface area contributed by atoms with Gasteiger partial charge in [-0.3, -0.25) is 4.79 Å². The molecule has 0 radical (unpaired) electrons. The molecular weight excluding hydrogens is 188 g/mol.